The molecule has 0 rings (SSSR count). The molecule has 0 saturated heterocycles. The average Bonchev–Trinajstić information content (AvgIpc) is 2.78. The van der Waals surface area contributed by atoms with Crippen molar-refractivity contribution in [2.45, 2.75) is 103 Å². The first-order chi connectivity index (χ1) is 15.8. The van der Waals surface area contributed by atoms with Gasteiger partial charge in [0, 0.05) is 13.0 Å². The van der Waals surface area contributed by atoms with Crippen LogP contribution in [0.15, 0.2) is 12.7 Å². The predicted molar refractivity (Wildman–Crippen MR) is 129 cm³/mol. The second-order valence-corrected chi connectivity index (χ2v) is 9.54. The van der Waals surface area contributed by atoms with Gasteiger partial charge in [-0.25, -0.2) is 4.57 Å². The van der Waals surface area contributed by atoms with E-state index in [1.807, 2.05) is 6.08 Å². The summed E-state index contributed by atoms with van der Waals surface area (Å²) in [6, 6.07) is 0. The van der Waals surface area contributed by atoms with Crippen LogP contribution in [0, 0.1) is 0 Å². The zero-order valence-electron chi connectivity index (χ0n) is 20.3. The minimum atomic E-state index is -4.32. The highest BCUT2D eigenvalue weighted by molar-refractivity contribution is 7.47. The quantitative estimate of drug-likeness (QED) is 0.0576. The molecule has 0 fully saturated rings. The maximum absolute atomic E-state index is 12.2. The topological polar surface area (TPSA) is 138 Å². The summed E-state index contributed by atoms with van der Waals surface area (Å²) in [6.45, 7) is 5.21. The van der Waals surface area contributed by atoms with E-state index < -0.39 is 32.8 Å². The number of unbranched alkanes of at least 4 members (excludes halogenated alkanes) is 9. The van der Waals surface area contributed by atoms with Crippen LogP contribution in [0.2, 0.25) is 0 Å². The SMILES string of the molecule is C=CCCCCCCCC(=O)O[C@H](COC(O)CCCCCCC)COP(=O)(O)OCCN. The third kappa shape index (κ3) is 21.5. The summed E-state index contributed by atoms with van der Waals surface area (Å²) in [5.41, 5.74) is 5.26. The van der Waals surface area contributed by atoms with Crippen LogP contribution in [0.1, 0.15) is 90.4 Å². The van der Waals surface area contributed by atoms with Gasteiger partial charge in [-0.15, -0.1) is 6.58 Å². The Morgan fingerprint density at radius 3 is 2.39 bits per heavy atom. The van der Waals surface area contributed by atoms with Gasteiger partial charge in [-0.05, 0) is 32.1 Å². The highest BCUT2D eigenvalue weighted by Gasteiger charge is 2.25. The van der Waals surface area contributed by atoms with Crippen molar-refractivity contribution >= 4 is 13.8 Å². The number of nitrogens with two attached hydrogens (primary N) is 1. The lowest BCUT2D eigenvalue weighted by Crippen LogP contribution is -2.30. The van der Waals surface area contributed by atoms with Crippen molar-refractivity contribution in [1.82, 2.24) is 0 Å². The molecule has 2 unspecified atom stereocenters. The maximum atomic E-state index is 12.2. The molecule has 0 saturated carbocycles. The number of phosphoric ester groups is 1. The summed E-state index contributed by atoms with van der Waals surface area (Å²) in [5.74, 6) is -0.442. The van der Waals surface area contributed by atoms with Gasteiger partial charge in [0.25, 0.3) is 0 Å². The van der Waals surface area contributed by atoms with E-state index in [0.29, 0.717) is 12.8 Å². The Hall–Kier alpha value is -0.800. The van der Waals surface area contributed by atoms with Gasteiger partial charge in [-0.2, -0.15) is 0 Å². The van der Waals surface area contributed by atoms with Crippen molar-refractivity contribution in [2.75, 3.05) is 26.4 Å². The van der Waals surface area contributed by atoms with Crippen molar-refractivity contribution in [3.05, 3.63) is 12.7 Å². The first-order valence-electron chi connectivity index (χ1n) is 12.3. The van der Waals surface area contributed by atoms with Gasteiger partial charge in [0.2, 0.25) is 0 Å². The van der Waals surface area contributed by atoms with E-state index in [-0.39, 0.29) is 26.2 Å². The number of aliphatic hydroxyl groups is 1. The third-order valence-electron chi connectivity index (χ3n) is 4.91. The van der Waals surface area contributed by atoms with Gasteiger partial charge in [-0.1, -0.05) is 57.9 Å². The zero-order chi connectivity index (χ0) is 24.8. The molecule has 196 valence electrons. The van der Waals surface area contributed by atoms with Crippen LogP contribution in [0.5, 0.6) is 0 Å². The number of ether oxygens (including phenoxy) is 2. The number of aliphatic hydroxyl groups excluding tert-OH is 1. The Balaban J connectivity index is 4.45. The van der Waals surface area contributed by atoms with E-state index in [1.54, 1.807) is 0 Å². The summed E-state index contributed by atoms with van der Waals surface area (Å²) in [6.07, 6.45) is 11.7. The number of rotatable bonds is 24. The molecule has 10 heteroatoms. The van der Waals surface area contributed by atoms with Gasteiger partial charge in [0.1, 0.15) is 6.10 Å². The fourth-order valence-corrected chi connectivity index (χ4v) is 3.82. The molecule has 0 aromatic carbocycles. The Labute approximate surface area is 199 Å². The number of esters is 1. The normalized spacial score (nSPS) is 15.0. The largest absolute Gasteiger partial charge is 0.472 e. The van der Waals surface area contributed by atoms with Crippen LogP contribution in [0.3, 0.4) is 0 Å². The van der Waals surface area contributed by atoms with E-state index in [9.17, 15) is 19.4 Å². The maximum Gasteiger partial charge on any atom is 0.472 e. The van der Waals surface area contributed by atoms with Crippen LogP contribution in [0.25, 0.3) is 0 Å². The lowest BCUT2D eigenvalue weighted by molar-refractivity contribution is -0.166. The van der Waals surface area contributed by atoms with Crippen LogP contribution in [0.4, 0.5) is 0 Å². The van der Waals surface area contributed by atoms with E-state index in [0.717, 1.165) is 64.2 Å². The van der Waals surface area contributed by atoms with Crippen LogP contribution in [-0.2, 0) is 27.9 Å². The fourth-order valence-electron chi connectivity index (χ4n) is 3.06. The molecule has 0 radical (unpaired) electrons. The molecule has 33 heavy (non-hydrogen) atoms. The van der Waals surface area contributed by atoms with Gasteiger partial charge in [0.15, 0.2) is 6.29 Å². The molecule has 0 aromatic heterocycles. The Morgan fingerprint density at radius 2 is 1.70 bits per heavy atom. The van der Waals surface area contributed by atoms with E-state index in [4.69, 9.17) is 24.3 Å². The Morgan fingerprint density at radius 1 is 1.03 bits per heavy atom. The second-order valence-electron chi connectivity index (χ2n) is 8.08. The van der Waals surface area contributed by atoms with Crippen molar-refractivity contribution in [3.63, 3.8) is 0 Å². The number of allylic oxidation sites excluding steroid dienone is 1. The first kappa shape index (κ1) is 32.2. The summed E-state index contributed by atoms with van der Waals surface area (Å²) in [7, 11) is -4.32. The summed E-state index contributed by atoms with van der Waals surface area (Å²) >= 11 is 0. The molecule has 3 atom stereocenters. The van der Waals surface area contributed by atoms with Gasteiger partial charge in [0.05, 0.1) is 19.8 Å². The third-order valence-corrected chi connectivity index (χ3v) is 5.90. The number of hydrogen-bond donors (Lipinski definition) is 3. The van der Waals surface area contributed by atoms with Crippen molar-refractivity contribution in [3.8, 4) is 0 Å². The molecule has 0 aliphatic rings. The Bertz CT molecular complexity index is 535. The lowest BCUT2D eigenvalue weighted by atomic mass is 10.1. The average molecular weight is 496 g/mol. The molecule has 0 spiro atoms. The van der Waals surface area contributed by atoms with Crippen LogP contribution in [-0.4, -0.2) is 54.7 Å². The molecular formula is C23H46NO8P. The molecule has 0 aromatic rings. The van der Waals surface area contributed by atoms with Gasteiger partial charge in [-0.3, -0.25) is 13.8 Å². The Kier molecular flexibility index (Phi) is 21.2. The predicted octanol–water partition coefficient (Wildman–Crippen LogP) is 4.60. The lowest BCUT2D eigenvalue weighted by Gasteiger charge is -2.21. The molecule has 4 N–H and O–H groups in total. The summed E-state index contributed by atoms with van der Waals surface area (Å²) in [5, 5.41) is 10.0. The van der Waals surface area contributed by atoms with Crippen LogP contribution >= 0.6 is 7.82 Å². The number of hydrogen-bond acceptors (Lipinski definition) is 8. The molecule has 0 amide bonds. The highest BCUT2D eigenvalue weighted by Crippen LogP contribution is 2.43. The highest BCUT2D eigenvalue weighted by atomic mass is 31.2. The number of phosphoric acid groups is 1. The van der Waals surface area contributed by atoms with Gasteiger partial charge >= 0.3 is 13.8 Å². The molecule has 0 aliphatic heterocycles. The standard InChI is InChI=1S/C23H46NO8P/c1-3-5-7-9-10-12-14-16-23(26)32-21(20-31-33(27,28)30-18-17-24)19-29-22(25)15-13-11-8-6-4-2/h3,21-22,25H,1,4-20,24H2,2H3,(H,27,28)/t21-,22?/m1/s1. The fraction of sp³-hybridized carbons (Fsp3) is 0.870. The second kappa shape index (κ2) is 21.7. The number of carbonyl (C=O) groups excluding carboxylic acids is 1. The molecule has 0 heterocycles. The van der Waals surface area contributed by atoms with Crippen LogP contribution < -0.4 is 5.73 Å². The minimum absolute atomic E-state index is 0.0630. The molecule has 0 aliphatic carbocycles. The smallest absolute Gasteiger partial charge is 0.457 e. The van der Waals surface area contributed by atoms with Crippen molar-refractivity contribution in [2.24, 2.45) is 5.73 Å². The minimum Gasteiger partial charge on any atom is -0.457 e. The van der Waals surface area contributed by atoms with Crippen molar-refractivity contribution < 1.29 is 37.9 Å². The van der Waals surface area contributed by atoms with Crippen molar-refractivity contribution in [1.29, 1.82) is 0 Å². The monoisotopic (exact) mass is 495 g/mol. The molecule has 0 bridgehead atoms. The van der Waals surface area contributed by atoms with E-state index in [2.05, 4.69) is 13.5 Å². The van der Waals surface area contributed by atoms with Gasteiger partial charge < -0.3 is 25.2 Å². The zero-order valence-corrected chi connectivity index (χ0v) is 21.2. The molecule has 9 nitrogen and oxygen atoms in total. The summed E-state index contributed by atoms with van der Waals surface area (Å²) < 4.78 is 32.3. The summed E-state index contributed by atoms with van der Waals surface area (Å²) in [4.78, 5) is 21.9. The van der Waals surface area contributed by atoms with E-state index >= 15 is 0 Å². The number of carbonyl (C=O) groups is 1. The molecular weight excluding hydrogens is 449 g/mol. The van der Waals surface area contributed by atoms with E-state index in [1.165, 1.54) is 0 Å². The first-order valence-corrected chi connectivity index (χ1v) is 13.8.